The molecule has 0 saturated heterocycles. The molecule has 2 amide bonds. The van der Waals surface area contributed by atoms with Gasteiger partial charge >= 0.3 is 18.0 Å². The number of nitrogens with one attached hydrogen (secondary N) is 2. The quantitative estimate of drug-likeness (QED) is 0.578. The van der Waals surface area contributed by atoms with E-state index in [2.05, 4.69) is 15.4 Å². The highest BCUT2D eigenvalue weighted by Gasteiger charge is 2.21. The van der Waals surface area contributed by atoms with Gasteiger partial charge in [0.25, 0.3) is 0 Å². The van der Waals surface area contributed by atoms with Crippen LogP contribution in [0, 0.1) is 0 Å². The minimum absolute atomic E-state index is 0.0184. The largest absolute Gasteiger partial charge is 0.481 e. The summed E-state index contributed by atoms with van der Waals surface area (Å²) in [6, 6.07) is -0.436. The van der Waals surface area contributed by atoms with Gasteiger partial charge in [-0.2, -0.15) is 0 Å². The number of amides is 2. The summed E-state index contributed by atoms with van der Waals surface area (Å²) in [5, 5.41) is 13.7. The Morgan fingerprint density at radius 3 is 2.33 bits per heavy atom. The summed E-state index contributed by atoms with van der Waals surface area (Å²) < 4.78 is 4.42. The zero-order valence-electron chi connectivity index (χ0n) is 10.9. The van der Waals surface area contributed by atoms with E-state index < -0.39 is 23.5 Å². The number of carboxylic acids is 1. The fourth-order valence-electron chi connectivity index (χ4n) is 1.21. The van der Waals surface area contributed by atoms with Gasteiger partial charge in [-0.05, 0) is 20.3 Å². The average Bonchev–Trinajstić information content (AvgIpc) is 2.25. The Bertz CT molecular complexity index is 315. The number of aliphatic carboxylic acids is 1. The number of urea groups is 1. The lowest BCUT2D eigenvalue weighted by molar-refractivity contribution is -0.140. The smallest absolute Gasteiger partial charge is 0.315 e. The molecule has 0 spiro atoms. The molecular formula is C11H20N2O5. The monoisotopic (exact) mass is 260 g/mol. The maximum Gasteiger partial charge on any atom is 0.315 e. The summed E-state index contributed by atoms with van der Waals surface area (Å²) in [5.41, 5.74) is -0.617. The van der Waals surface area contributed by atoms with Crippen LogP contribution in [0.4, 0.5) is 4.79 Å². The van der Waals surface area contributed by atoms with E-state index in [1.54, 1.807) is 13.8 Å². The number of hydrogen-bond acceptors (Lipinski definition) is 4. The number of hydrogen-bond donors (Lipinski definition) is 3. The molecule has 0 bridgehead atoms. The third-order valence-corrected chi connectivity index (χ3v) is 2.26. The fourth-order valence-corrected chi connectivity index (χ4v) is 1.21. The lowest BCUT2D eigenvalue weighted by Crippen LogP contribution is -2.48. The summed E-state index contributed by atoms with van der Waals surface area (Å²) in [4.78, 5) is 32.7. The van der Waals surface area contributed by atoms with Crippen molar-refractivity contribution in [3.05, 3.63) is 0 Å². The molecular weight excluding hydrogens is 240 g/mol. The highest BCUT2D eigenvalue weighted by Crippen LogP contribution is 2.10. The zero-order chi connectivity index (χ0) is 14.2. The van der Waals surface area contributed by atoms with Crippen LogP contribution in [-0.2, 0) is 14.3 Å². The number of carboxylic acid groups (broad SMARTS) is 1. The van der Waals surface area contributed by atoms with Crippen LogP contribution in [0.5, 0.6) is 0 Å². The van der Waals surface area contributed by atoms with Gasteiger partial charge in [0.2, 0.25) is 0 Å². The van der Waals surface area contributed by atoms with E-state index in [0.717, 1.165) is 0 Å². The highest BCUT2D eigenvalue weighted by atomic mass is 16.5. The number of carbonyl (C=O) groups is 3. The third kappa shape index (κ3) is 8.37. The molecule has 0 aliphatic rings. The number of rotatable bonds is 7. The van der Waals surface area contributed by atoms with Crippen molar-refractivity contribution in [2.24, 2.45) is 0 Å². The van der Waals surface area contributed by atoms with Crippen LogP contribution in [0.3, 0.4) is 0 Å². The summed E-state index contributed by atoms with van der Waals surface area (Å²) in [7, 11) is 1.28. The Kier molecular flexibility index (Phi) is 6.77. The minimum Gasteiger partial charge on any atom is -0.481 e. The van der Waals surface area contributed by atoms with Gasteiger partial charge in [0.05, 0.1) is 13.5 Å². The van der Waals surface area contributed by atoms with Crippen molar-refractivity contribution in [2.45, 2.75) is 38.6 Å². The molecule has 0 aromatic carbocycles. The maximum absolute atomic E-state index is 11.5. The normalized spacial score (nSPS) is 10.6. The van der Waals surface area contributed by atoms with Crippen molar-refractivity contribution < 1.29 is 24.2 Å². The van der Waals surface area contributed by atoms with Gasteiger partial charge in [-0.1, -0.05) is 0 Å². The second kappa shape index (κ2) is 7.52. The van der Waals surface area contributed by atoms with Crippen molar-refractivity contribution >= 4 is 18.0 Å². The fraction of sp³-hybridized carbons (Fsp3) is 0.727. The second-order valence-electron chi connectivity index (χ2n) is 4.48. The van der Waals surface area contributed by atoms with Gasteiger partial charge in [-0.25, -0.2) is 4.79 Å². The Hall–Kier alpha value is -1.79. The minimum atomic E-state index is -0.907. The van der Waals surface area contributed by atoms with Crippen LogP contribution in [0.2, 0.25) is 0 Å². The van der Waals surface area contributed by atoms with Crippen molar-refractivity contribution in [3.8, 4) is 0 Å². The number of methoxy groups -OCH3 is 1. The number of carbonyl (C=O) groups excluding carboxylic acids is 2. The molecule has 0 rings (SSSR count). The number of esters is 1. The van der Waals surface area contributed by atoms with Crippen LogP contribution in [0.25, 0.3) is 0 Å². The predicted octanol–water partition coefficient (Wildman–Crippen LogP) is 0.492. The van der Waals surface area contributed by atoms with E-state index in [9.17, 15) is 14.4 Å². The maximum atomic E-state index is 11.5. The molecule has 0 heterocycles. The van der Waals surface area contributed by atoms with E-state index in [4.69, 9.17) is 5.11 Å². The van der Waals surface area contributed by atoms with E-state index in [1.807, 2.05) is 0 Å². The van der Waals surface area contributed by atoms with Crippen molar-refractivity contribution in [1.82, 2.24) is 10.6 Å². The van der Waals surface area contributed by atoms with Crippen LogP contribution < -0.4 is 10.6 Å². The van der Waals surface area contributed by atoms with Gasteiger partial charge in [-0.3, -0.25) is 9.59 Å². The summed E-state index contributed by atoms with van der Waals surface area (Å²) in [6.07, 6.45) is 0.404. The second-order valence-corrected chi connectivity index (χ2v) is 4.48. The predicted molar refractivity (Wildman–Crippen MR) is 64.1 cm³/mol. The summed E-state index contributed by atoms with van der Waals surface area (Å²) in [5.74, 6) is -1.31. The Morgan fingerprint density at radius 1 is 1.22 bits per heavy atom. The van der Waals surface area contributed by atoms with Gasteiger partial charge in [0, 0.05) is 18.5 Å². The highest BCUT2D eigenvalue weighted by molar-refractivity contribution is 5.76. The van der Waals surface area contributed by atoms with E-state index in [1.165, 1.54) is 7.11 Å². The van der Waals surface area contributed by atoms with Gasteiger partial charge in [0.15, 0.2) is 0 Å². The lowest BCUT2D eigenvalue weighted by Gasteiger charge is -2.25. The van der Waals surface area contributed by atoms with Gasteiger partial charge < -0.3 is 20.5 Å². The first kappa shape index (κ1) is 16.2. The average molecular weight is 260 g/mol. The van der Waals surface area contributed by atoms with E-state index in [-0.39, 0.29) is 19.4 Å². The Morgan fingerprint density at radius 2 is 1.83 bits per heavy atom. The molecule has 0 unspecified atom stereocenters. The van der Waals surface area contributed by atoms with Crippen LogP contribution in [-0.4, -0.2) is 42.3 Å². The van der Waals surface area contributed by atoms with Crippen LogP contribution in [0.1, 0.15) is 33.1 Å². The molecule has 0 atom stereocenters. The summed E-state index contributed by atoms with van der Waals surface area (Å²) in [6.45, 7) is 3.64. The molecule has 0 saturated carbocycles. The van der Waals surface area contributed by atoms with Crippen LogP contribution in [0.15, 0.2) is 0 Å². The van der Waals surface area contributed by atoms with Crippen molar-refractivity contribution in [1.29, 1.82) is 0 Å². The molecule has 0 radical (unpaired) electrons. The standard InChI is InChI=1S/C11H20N2O5/c1-11(2,6-4-8(14)15)13-10(17)12-7-5-9(16)18-3/h4-7H2,1-3H3,(H,14,15)(H2,12,13,17). The molecule has 0 fully saturated rings. The van der Waals surface area contributed by atoms with Crippen molar-refractivity contribution in [3.63, 3.8) is 0 Å². The third-order valence-electron chi connectivity index (χ3n) is 2.26. The summed E-state index contributed by atoms with van der Waals surface area (Å²) >= 11 is 0. The Balaban J connectivity index is 3.91. The molecule has 3 N–H and O–H groups in total. The van der Waals surface area contributed by atoms with E-state index in [0.29, 0.717) is 6.42 Å². The zero-order valence-corrected chi connectivity index (χ0v) is 10.9. The molecule has 104 valence electrons. The molecule has 7 heteroatoms. The topological polar surface area (TPSA) is 105 Å². The van der Waals surface area contributed by atoms with E-state index >= 15 is 0 Å². The molecule has 0 aromatic heterocycles. The first-order chi connectivity index (χ1) is 8.26. The molecule has 7 nitrogen and oxygen atoms in total. The Labute approximate surface area is 106 Å². The van der Waals surface area contributed by atoms with Gasteiger partial charge in [-0.15, -0.1) is 0 Å². The molecule has 0 aromatic rings. The van der Waals surface area contributed by atoms with Crippen molar-refractivity contribution in [2.75, 3.05) is 13.7 Å². The first-order valence-electron chi connectivity index (χ1n) is 5.61. The van der Waals surface area contributed by atoms with Gasteiger partial charge in [0.1, 0.15) is 0 Å². The lowest BCUT2D eigenvalue weighted by atomic mass is 9.99. The van der Waals surface area contributed by atoms with Crippen LogP contribution >= 0.6 is 0 Å². The first-order valence-corrected chi connectivity index (χ1v) is 5.61. The number of ether oxygens (including phenoxy) is 1. The molecule has 0 aliphatic carbocycles. The SMILES string of the molecule is COC(=O)CCNC(=O)NC(C)(C)CCC(=O)O. The molecule has 0 aliphatic heterocycles. The molecule has 18 heavy (non-hydrogen) atoms.